The highest BCUT2D eigenvalue weighted by atomic mass is 32.2. The first-order chi connectivity index (χ1) is 9.50. The van der Waals surface area contributed by atoms with Gasteiger partial charge in [0.15, 0.2) is 0 Å². The zero-order valence-corrected chi connectivity index (χ0v) is 13.3. The minimum absolute atomic E-state index is 0.00861. The zero-order valence-electron chi connectivity index (χ0n) is 12.5. The fourth-order valence-electron chi connectivity index (χ4n) is 2.56. The predicted molar refractivity (Wildman–Crippen MR) is 75.8 cm³/mol. The standard InChI is InChI=1S/C13H20N2O5S/c1-7(2)13(18)5-15(6-13)21(19,20)11-8(3)10(12(16)17)14-9(11)4/h7,14,18H,5-6H2,1-4H3,(H,16,17). The molecule has 0 bridgehead atoms. The van der Waals surface area contributed by atoms with E-state index in [9.17, 15) is 18.3 Å². The summed E-state index contributed by atoms with van der Waals surface area (Å²) >= 11 is 0. The number of aliphatic hydroxyl groups is 1. The summed E-state index contributed by atoms with van der Waals surface area (Å²) < 4.78 is 26.4. The monoisotopic (exact) mass is 316 g/mol. The lowest BCUT2D eigenvalue weighted by Crippen LogP contribution is -2.65. The van der Waals surface area contributed by atoms with Gasteiger partial charge in [-0.25, -0.2) is 13.2 Å². The molecule has 0 atom stereocenters. The zero-order chi connectivity index (χ0) is 16.2. The van der Waals surface area contributed by atoms with Crippen molar-refractivity contribution in [1.29, 1.82) is 0 Å². The number of carboxylic acids is 1. The van der Waals surface area contributed by atoms with Gasteiger partial charge in [-0.05, 0) is 19.8 Å². The first-order valence-electron chi connectivity index (χ1n) is 6.65. The summed E-state index contributed by atoms with van der Waals surface area (Å²) in [5.74, 6) is -1.24. The maximum absolute atomic E-state index is 12.6. The molecule has 21 heavy (non-hydrogen) atoms. The van der Waals surface area contributed by atoms with Crippen LogP contribution in [0.25, 0.3) is 0 Å². The van der Waals surface area contributed by atoms with Crippen molar-refractivity contribution < 1.29 is 23.4 Å². The molecule has 0 unspecified atom stereocenters. The fourth-order valence-corrected chi connectivity index (χ4v) is 4.53. The first-order valence-corrected chi connectivity index (χ1v) is 8.09. The lowest BCUT2D eigenvalue weighted by atomic mass is 9.85. The van der Waals surface area contributed by atoms with Gasteiger partial charge in [-0.1, -0.05) is 13.8 Å². The van der Waals surface area contributed by atoms with Gasteiger partial charge in [-0.15, -0.1) is 0 Å². The second-order valence-electron chi connectivity index (χ2n) is 5.92. The van der Waals surface area contributed by atoms with Crippen LogP contribution in [0.5, 0.6) is 0 Å². The quantitative estimate of drug-likeness (QED) is 0.758. The highest BCUT2D eigenvalue weighted by Crippen LogP contribution is 2.35. The van der Waals surface area contributed by atoms with Crippen LogP contribution in [0.2, 0.25) is 0 Å². The number of carboxylic acid groups (broad SMARTS) is 1. The summed E-state index contributed by atoms with van der Waals surface area (Å²) in [4.78, 5) is 13.7. The Morgan fingerprint density at radius 1 is 1.33 bits per heavy atom. The van der Waals surface area contributed by atoms with E-state index in [0.29, 0.717) is 5.69 Å². The summed E-state index contributed by atoms with van der Waals surface area (Å²) in [5, 5.41) is 19.2. The van der Waals surface area contributed by atoms with Gasteiger partial charge in [0.2, 0.25) is 10.0 Å². The summed E-state index contributed by atoms with van der Waals surface area (Å²) in [6, 6.07) is 0. The number of hydrogen-bond acceptors (Lipinski definition) is 4. The Kier molecular flexibility index (Phi) is 3.67. The number of aromatic carboxylic acids is 1. The van der Waals surface area contributed by atoms with Crippen molar-refractivity contribution in [1.82, 2.24) is 9.29 Å². The van der Waals surface area contributed by atoms with Crippen LogP contribution in [-0.4, -0.2) is 52.6 Å². The number of H-pyrrole nitrogens is 1. The fraction of sp³-hybridized carbons (Fsp3) is 0.615. The molecule has 1 aromatic rings. The second-order valence-corrected chi connectivity index (χ2v) is 7.79. The smallest absolute Gasteiger partial charge is 0.352 e. The molecule has 1 saturated heterocycles. The molecule has 2 rings (SSSR count). The minimum atomic E-state index is -3.80. The maximum Gasteiger partial charge on any atom is 0.352 e. The summed E-state index contributed by atoms with van der Waals surface area (Å²) in [7, 11) is -3.80. The highest BCUT2D eigenvalue weighted by Gasteiger charge is 2.50. The van der Waals surface area contributed by atoms with E-state index in [1.165, 1.54) is 18.2 Å². The van der Waals surface area contributed by atoms with Crippen molar-refractivity contribution in [2.75, 3.05) is 13.1 Å². The molecule has 0 saturated carbocycles. The third-order valence-corrected chi connectivity index (χ3v) is 6.22. The molecule has 0 amide bonds. The summed E-state index contributed by atoms with van der Waals surface area (Å²) in [6.45, 7) is 6.71. The molecule has 118 valence electrons. The Labute approximate surface area is 123 Å². The SMILES string of the molecule is Cc1[nH]c(C(=O)O)c(C)c1S(=O)(=O)N1CC(O)(C(C)C)C1. The Morgan fingerprint density at radius 2 is 1.86 bits per heavy atom. The van der Waals surface area contributed by atoms with Crippen LogP contribution < -0.4 is 0 Å². The summed E-state index contributed by atoms with van der Waals surface area (Å²) in [5.41, 5.74) is -0.642. The van der Waals surface area contributed by atoms with Gasteiger partial charge >= 0.3 is 5.97 Å². The molecule has 0 aliphatic carbocycles. The van der Waals surface area contributed by atoms with Crippen LogP contribution >= 0.6 is 0 Å². The Hall–Kier alpha value is -1.38. The molecule has 2 heterocycles. The van der Waals surface area contributed by atoms with Gasteiger partial charge in [0.1, 0.15) is 10.6 Å². The van der Waals surface area contributed by atoms with Crippen LogP contribution in [0, 0.1) is 19.8 Å². The molecular weight excluding hydrogens is 296 g/mol. The number of aromatic amines is 1. The third kappa shape index (κ3) is 2.37. The minimum Gasteiger partial charge on any atom is -0.477 e. The second kappa shape index (κ2) is 4.82. The number of nitrogens with zero attached hydrogens (tertiary/aromatic N) is 1. The Morgan fingerprint density at radius 3 is 2.24 bits per heavy atom. The van der Waals surface area contributed by atoms with E-state index in [1.54, 1.807) is 0 Å². The molecule has 8 heteroatoms. The molecule has 3 N–H and O–H groups in total. The third-order valence-electron chi connectivity index (χ3n) is 4.16. The van der Waals surface area contributed by atoms with Crippen LogP contribution in [0.15, 0.2) is 4.90 Å². The van der Waals surface area contributed by atoms with Crippen LogP contribution in [0.3, 0.4) is 0 Å². The van der Waals surface area contributed by atoms with Crippen molar-refractivity contribution in [2.45, 2.75) is 38.2 Å². The topological polar surface area (TPSA) is 111 Å². The number of aryl methyl sites for hydroxylation is 1. The Bertz CT molecular complexity index is 684. The number of β-amino-alcohol motifs (C(OH)–C–C–N with tert-alkyl or cyclic N) is 1. The summed E-state index contributed by atoms with van der Waals surface area (Å²) in [6.07, 6.45) is 0. The van der Waals surface area contributed by atoms with Crippen molar-refractivity contribution in [3.05, 3.63) is 17.0 Å². The highest BCUT2D eigenvalue weighted by molar-refractivity contribution is 7.89. The van der Waals surface area contributed by atoms with Gasteiger partial charge in [0.05, 0.1) is 5.60 Å². The molecule has 1 fully saturated rings. The van der Waals surface area contributed by atoms with Crippen LogP contribution in [-0.2, 0) is 10.0 Å². The van der Waals surface area contributed by atoms with Crippen molar-refractivity contribution in [3.8, 4) is 0 Å². The van der Waals surface area contributed by atoms with Gasteiger partial charge in [-0.3, -0.25) is 0 Å². The first kappa shape index (κ1) is 16.0. The number of rotatable bonds is 4. The van der Waals surface area contributed by atoms with E-state index in [4.69, 9.17) is 5.11 Å². The van der Waals surface area contributed by atoms with E-state index >= 15 is 0 Å². The molecule has 1 aromatic heterocycles. The van der Waals surface area contributed by atoms with Crippen LogP contribution in [0.4, 0.5) is 0 Å². The number of hydrogen-bond donors (Lipinski definition) is 3. The largest absolute Gasteiger partial charge is 0.477 e. The van der Waals surface area contributed by atoms with E-state index in [-0.39, 0.29) is 35.2 Å². The number of aromatic nitrogens is 1. The normalized spacial score (nSPS) is 18.8. The maximum atomic E-state index is 12.6. The van der Waals surface area contributed by atoms with E-state index in [0.717, 1.165) is 0 Å². The van der Waals surface area contributed by atoms with Crippen LogP contribution in [0.1, 0.15) is 35.6 Å². The number of carbonyl (C=O) groups is 1. The number of sulfonamides is 1. The van der Waals surface area contributed by atoms with E-state index in [2.05, 4.69) is 4.98 Å². The molecule has 0 radical (unpaired) electrons. The van der Waals surface area contributed by atoms with E-state index in [1.807, 2.05) is 13.8 Å². The molecule has 0 spiro atoms. The van der Waals surface area contributed by atoms with Gasteiger partial charge in [0.25, 0.3) is 0 Å². The van der Waals surface area contributed by atoms with Crippen molar-refractivity contribution in [2.24, 2.45) is 5.92 Å². The lowest BCUT2D eigenvalue weighted by Gasteiger charge is -2.47. The molecule has 1 aliphatic rings. The van der Waals surface area contributed by atoms with Gasteiger partial charge in [-0.2, -0.15) is 4.31 Å². The molecule has 0 aromatic carbocycles. The van der Waals surface area contributed by atoms with Crippen molar-refractivity contribution in [3.63, 3.8) is 0 Å². The predicted octanol–water partition coefficient (Wildman–Crippen LogP) is 0.721. The Balaban J connectivity index is 2.37. The lowest BCUT2D eigenvalue weighted by molar-refractivity contribution is -0.0932. The average Bonchev–Trinajstić information content (AvgIpc) is 2.60. The molecule has 7 nitrogen and oxygen atoms in total. The van der Waals surface area contributed by atoms with Gasteiger partial charge < -0.3 is 15.2 Å². The van der Waals surface area contributed by atoms with Crippen molar-refractivity contribution >= 4 is 16.0 Å². The average molecular weight is 316 g/mol. The van der Waals surface area contributed by atoms with Gasteiger partial charge in [0, 0.05) is 24.3 Å². The molecular formula is C13H20N2O5S. The van der Waals surface area contributed by atoms with E-state index < -0.39 is 21.6 Å². The molecule has 1 aliphatic heterocycles. The number of nitrogens with one attached hydrogen (secondary N) is 1.